The summed E-state index contributed by atoms with van der Waals surface area (Å²) in [6, 6.07) is 1.41. The molecule has 1 aromatic rings. The molecule has 0 radical (unpaired) electrons. The van der Waals surface area contributed by atoms with Crippen molar-refractivity contribution in [3.8, 4) is 0 Å². The Morgan fingerprint density at radius 3 is 2.76 bits per heavy atom. The number of primary sulfonamides is 1. The molecular weight excluding hydrogens is 248 g/mol. The smallest absolute Gasteiger partial charge is 0.338 e. The van der Waals surface area contributed by atoms with Crippen molar-refractivity contribution in [3.05, 3.63) is 23.7 Å². The Labute approximate surface area is 98.7 Å². The van der Waals surface area contributed by atoms with Gasteiger partial charge >= 0.3 is 5.97 Å². The van der Waals surface area contributed by atoms with Crippen LogP contribution >= 0.6 is 0 Å². The molecule has 8 heteroatoms. The lowest BCUT2D eigenvalue weighted by atomic mass is 10.3. The molecule has 0 bridgehead atoms. The number of carboxylic acid groups (broad SMARTS) is 1. The van der Waals surface area contributed by atoms with Gasteiger partial charge in [-0.05, 0) is 19.0 Å². The van der Waals surface area contributed by atoms with Crippen LogP contribution in [0.4, 0.5) is 0 Å². The largest absolute Gasteiger partial charge is 0.478 e. The van der Waals surface area contributed by atoms with Crippen molar-refractivity contribution in [2.75, 3.05) is 12.3 Å². The van der Waals surface area contributed by atoms with Crippen LogP contribution in [0, 0.1) is 0 Å². The predicted molar refractivity (Wildman–Crippen MR) is 60.0 cm³/mol. The number of carboxylic acids is 1. The normalized spacial score (nSPS) is 11.6. The summed E-state index contributed by atoms with van der Waals surface area (Å²) in [5.74, 6) is -0.648. The summed E-state index contributed by atoms with van der Waals surface area (Å²) < 4.78 is 26.2. The van der Waals surface area contributed by atoms with E-state index >= 15 is 0 Å². The topological polar surface area (TPSA) is 123 Å². The summed E-state index contributed by atoms with van der Waals surface area (Å²) in [6.07, 6.45) is 1.55. The van der Waals surface area contributed by atoms with Crippen LogP contribution in [0.3, 0.4) is 0 Å². The minimum atomic E-state index is -3.42. The lowest BCUT2D eigenvalue weighted by Gasteiger charge is -2.01. The highest BCUT2D eigenvalue weighted by atomic mass is 32.2. The highest BCUT2D eigenvalue weighted by Gasteiger charge is 2.07. The molecule has 96 valence electrons. The Morgan fingerprint density at radius 1 is 1.53 bits per heavy atom. The van der Waals surface area contributed by atoms with Gasteiger partial charge in [0.25, 0.3) is 0 Å². The van der Waals surface area contributed by atoms with Crippen molar-refractivity contribution in [2.45, 2.75) is 13.0 Å². The maximum atomic E-state index is 10.6. The molecule has 0 aliphatic carbocycles. The van der Waals surface area contributed by atoms with Gasteiger partial charge < -0.3 is 14.8 Å². The molecule has 17 heavy (non-hydrogen) atoms. The van der Waals surface area contributed by atoms with Crippen LogP contribution < -0.4 is 10.5 Å². The molecule has 0 spiro atoms. The van der Waals surface area contributed by atoms with E-state index in [-0.39, 0.29) is 11.3 Å². The maximum Gasteiger partial charge on any atom is 0.338 e. The van der Waals surface area contributed by atoms with E-state index in [1.54, 1.807) is 0 Å². The Balaban J connectivity index is 2.24. The minimum absolute atomic E-state index is 0.0848. The fraction of sp³-hybridized carbons (Fsp3) is 0.444. The molecule has 0 fully saturated rings. The zero-order valence-electron chi connectivity index (χ0n) is 9.05. The molecule has 4 N–H and O–H groups in total. The highest BCUT2D eigenvalue weighted by molar-refractivity contribution is 7.89. The van der Waals surface area contributed by atoms with Gasteiger partial charge in [0.05, 0.1) is 17.9 Å². The number of carbonyl (C=O) groups is 1. The monoisotopic (exact) mass is 262 g/mol. The van der Waals surface area contributed by atoms with E-state index in [4.69, 9.17) is 14.7 Å². The average Bonchev–Trinajstić information content (AvgIpc) is 2.64. The standard InChI is InChI=1S/C9H14N2O5S/c10-17(14,15)3-1-2-11-5-8-4-7(6-16-8)9(12)13/h4,6,11H,1-3,5H2,(H,12,13)(H2,10,14,15). The Morgan fingerprint density at radius 2 is 2.24 bits per heavy atom. The first-order chi connectivity index (χ1) is 7.88. The van der Waals surface area contributed by atoms with Crippen molar-refractivity contribution in [1.82, 2.24) is 5.32 Å². The van der Waals surface area contributed by atoms with Crippen LogP contribution in [0.15, 0.2) is 16.7 Å². The first kappa shape index (κ1) is 13.7. The van der Waals surface area contributed by atoms with E-state index < -0.39 is 16.0 Å². The van der Waals surface area contributed by atoms with Crippen LogP contribution in [0.25, 0.3) is 0 Å². The van der Waals surface area contributed by atoms with E-state index in [9.17, 15) is 13.2 Å². The molecule has 0 aliphatic heterocycles. The first-order valence-electron chi connectivity index (χ1n) is 4.90. The summed E-state index contributed by atoms with van der Waals surface area (Å²) >= 11 is 0. The second-order valence-electron chi connectivity index (χ2n) is 3.50. The predicted octanol–water partition coefficient (Wildman–Crippen LogP) is -0.254. The Bertz CT molecular complexity index is 479. The molecule has 1 heterocycles. The zero-order chi connectivity index (χ0) is 12.9. The minimum Gasteiger partial charge on any atom is -0.478 e. The van der Waals surface area contributed by atoms with Crippen LogP contribution in [0.5, 0.6) is 0 Å². The van der Waals surface area contributed by atoms with Crippen LogP contribution in [0.1, 0.15) is 22.5 Å². The van der Waals surface area contributed by atoms with E-state index in [0.717, 1.165) is 6.26 Å². The number of sulfonamides is 1. The maximum absolute atomic E-state index is 10.6. The number of hydrogen-bond acceptors (Lipinski definition) is 5. The molecule has 0 aliphatic rings. The van der Waals surface area contributed by atoms with Gasteiger partial charge in [-0.2, -0.15) is 0 Å². The summed E-state index contributed by atoms with van der Waals surface area (Å²) in [5, 5.41) is 16.4. The summed E-state index contributed by atoms with van der Waals surface area (Å²) in [7, 11) is -3.42. The summed E-state index contributed by atoms with van der Waals surface area (Å²) in [6.45, 7) is 0.803. The van der Waals surface area contributed by atoms with Crippen molar-refractivity contribution < 1.29 is 22.7 Å². The lowest BCUT2D eigenvalue weighted by molar-refractivity contribution is 0.0696. The van der Waals surface area contributed by atoms with Crippen LogP contribution in [-0.4, -0.2) is 31.8 Å². The third-order valence-corrected chi connectivity index (χ3v) is 2.84. The molecule has 0 saturated heterocycles. The molecule has 0 aromatic carbocycles. The van der Waals surface area contributed by atoms with Gasteiger partial charge in [-0.15, -0.1) is 0 Å². The molecule has 0 unspecified atom stereocenters. The van der Waals surface area contributed by atoms with Gasteiger partial charge in [-0.25, -0.2) is 18.4 Å². The summed E-state index contributed by atoms with van der Waals surface area (Å²) in [5.41, 5.74) is 0.0892. The third-order valence-electron chi connectivity index (χ3n) is 1.98. The van der Waals surface area contributed by atoms with Gasteiger partial charge in [0.1, 0.15) is 12.0 Å². The van der Waals surface area contributed by atoms with Crippen molar-refractivity contribution in [1.29, 1.82) is 0 Å². The number of rotatable bonds is 7. The highest BCUT2D eigenvalue weighted by Crippen LogP contribution is 2.07. The number of aromatic carboxylic acids is 1. The van der Waals surface area contributed by atoms with E-state index in [1.165, 1.54) is 6.07 Å². The molecule has 0 saturated carbocycles. The second kappa shape index (κ2) is 5.80. The van der Waals surface area contributed by atoms with E-state index in [0.29, 0.717) is 25.3 Å². The molecule has 1 aromatic heterocycles. The van der Waals surface area contributed by atoms with Crippen molar-refractivity contribution >= 4 is 16.0 Å². The second-order valence-corrected chi connectivity index (χ2v) is 5.24. The number of nitrogens with two attached hydrogens (primary N) is 1. The fourth-order valence-electron chi connectivity index (χ4n) is 1.20. The van der Waals surface area contributed by atoms with Crippen LogP contribution in [0.2, 0.25) is 0 Å². The molecule has 0 amide bonds. The van der Waals surface area contributed by atoms with Gasteiger partial charge in [-0.3, -0.25) is 0 Å². The van der Waals surface area contributed by atoms with Gasteiger partial charge in [0.15, 0.2) is 0 Å². The number of furan rings is 1. The number of nitrogens with one attached hydrogen (secondary N) is 1. The SMILES string of the molecule is NS(=O)(=O)CCCNCc1cc(C(=O)O)co1. The first-order valence-corrected chi connectivity index (χ1v) is 6.62. The average molecular weight is 262 g/mol. The van der Waals surface area contributed by atoms with E-state index in [1.807, 2.05) is 0 Å². The molecule has 1 rings (SSSR count). The van der Waals surface area contributed by atoms with E-state index in [2.05, 4.69) is 5.32 Å². The van der Waals surface area contributed by atoms with Gasteiger partial charge in [0, 0.05) is 0 Å². The van der Waals surface area contributed by atoms with Crippen LogP contribution in [-0.2, 0) is 16.6 Å². The van der Waals surface area contributed by atoms with Gasteiger partial charge in [-0.1, -0.05) is 0 Å². The number of hydrogen-bond donors (Lipinski definition) is 3. The van der Waals surface area contributed by atoms with Gasteiger partial charge in [0.2, 0.25) is 10.0 Å². The quantitative estimate of drug-likeness (QED) is 0.582. The summed E-state index contributed by atoms with van der Waals surface area (Å²) in [4.78, 5) is 10.5. The Hall–Kier alpha value is -1.38. The van der Waals surface area contributed by atoms with Crippen molar-refractivity contribution in [3.63, 3.8) is 0 Å². The molecule has 7 nitrogen and oxygen atoms in total. The lowest BCUT2D eigenvalue weighted by Crippen LogP contribution is -2.21. The third kappa shape index (κ3) is 5.48. The Kier molecular flexibility index (Phi) is 4.67. The zero-order valence-corrected chi connectivity index (χ0v) is 9.87. The van der Waals surface area contributed by atoms with Crippen molar-refractivity contribution in [2.24, 2.45) is 5.14 Å². The molecular formula is C9H14N2O5S. The fourth-order valence-corrected chi connectivity index (χ4v) is 1.74. The molecule has 0 atom stereocenters.